The Morgan fingerprint density at radius 3 is 2.63 bits per heavy atom. The van der Waals surface area contributed by atoms with E-state index in [1.165, 1.54) is 0 Å². The van der Waals surface area contributed by atoms with Gasteiger partial charge in [-0.3, -0.25) is 9.59 Å². The van der Waals surface area contributed by atoms with Crippen molar-refractivity contribution in [2.24, 2.45) is 11.8 Å². The summed E-state index contributed by atoms with van der Waals surface area (Å²) in [5.74, 6) is -1.15. The fourth-order valence-corrected chi connectivity index (χ4v) is 2.57. The van der Waals surface area contributed by atoms with Gasteiger partial charge in [0.25, 0.3) is 5.91 Å². The highest BCUT2D eigenvalue weighted by Gasteiger charge is 2.37. The van der Waals surface area contributed by atoms with Crippen LogP contribution in [0.1, 0.15) is 22.8 Å². The first-order valence-corrected chi connectivity index (χ1v) is 6.98. The summed E-state index contributed by atoms with van der Waals surface area (Å²) in [7, 11) is 0. The van der Waals surface area contributed by atoms with Crippen molar-refractivity contribution in [3.8, 4) is 0 Å². The van der Waals surface area contributed by atoms with E-state index < -0.39 is 11.9 Å². The second-order valence-electron chi connectivity index (χ2n) is 5.01. The molecular formula is C14H16BrNO3. The molecular weight excluding hydrogens is 310 g/mol. The van der Waals surface area contributed by atoms with E-state index in [0.717, 1.165) is 10.0 Å². The minimum Gasteiger partial charge on any atom is -0.481 e. The number of likely N-dealkylation sites (tertiary alicyclic amines) is 1. The van der Waals surface area contributed by atoms with Crippen LogP contribution in [0.5, 0.6) is 0 Å². The lowest BCUT2D eigenvalue weighted by atomic mass is 9.86. The topological polar surface area (TPSA) is 57.6 Å². The number of carbonyl (C=O) groups excluding carboxylic acids is 1. The lowest BCUT2D eigenvalue weighted by molar-refractivity contribution is -0.144. The quantitative estimate of drug-likeness (QED) is 0.929. The molecule has 1 aromatic rings. The monoisotopic (exact) mass is 325 g/mol. The Morgan fingerprint density at radius 1 is 1.42 bits per heavy atom. The maximum atomic E-state index is 12.3. The molecule has 1 unspecified atom stereocenters. The first kappa shape index (κ1) is 14.1. The Labute approximate surface area is 120 Å². The summed E-state index contributed by atoms with van der Waals surface area (Å²) in [6, 6.07) is 5.54. The minimum absolute atomic E-state index is 0.0207. The predicted molar refractivity (Wildman–Crippen MR) is 75.1 cm³/mol. The predicted octanol–water partition coefficient (Wildman–Crippen LogP) is 2.55. The van der Waals surface area contributed by atoms with Gasteiger partial charge in [-0.05, 0) is 24.6 Å². The van der Waals surface area contributed by atoms with Gasteiger partial charge in [0, 0.05) is 29.0 Å². The first-order valence-electron chi connectivity index (χ1n) is 6.19. The van der Waals surface area contributed by atoms with E-state index in [2.05, 4.69) is 15.9 Å². The number of hydrogen-bond donors (Lipinski definition) is 1. The van der Waals surface area contributed by atoms with Crippen LogP contribution in [-0.2, 0) is 4.79 Å². The van der Waals surface area contributed by atoms with E-state index >= 15 is 0 Å². The second-order valence-corrected chi connectivity index (χ2v) is 5.86. The van der Waals surface area contributed by atoms with Gasteiger partial charge in [-0.25, -0.2) is 0 Å². The summed E-state index contributed by atoms with van der Waals surface area (Å²) in [6.45, 7) is 4.64. The van der Waals surface area contributed by atoms with Crippen LogP contribution in [0, 0.1) is 18.8 Å². The zero-order chi connectivity index (χ0) is 14.2. The normalized spacial score (nSPS) is 16.9. The summed E-state index contributed by atoms with van der Waals surface area (Å²) < 4.78 is 0.911. The van der Waals surface area contributed by atoms with Gasteiger partial charge >= 0.3 is 5.97 Å². The van der Waals surface area contributed by atoms with E-state index in [0.29, 0.717) is 18.7 Å². The molecule has 1 amide bonds. The number of halogens is 1. The van der Waals surface area contributed by atoms with Crippen molar-refractivity contribution < 1.29 is 14.7 Å². The van der Waals surface area contributed by atoms with Gasteiger partial charge in [0.15, 0.2) is 0 Å². The molecule has 0 bridgehead atoms. The van der Waals surface area contributed by atoms with Gasteiger partial charge in [0.2, 0.25) is 0 Å². The van der Waals surface area contributed by atoms with E-state index in [9.17, 15) is 9.59 Å². The molecule has 0 aliphatic carbocycles. The molecule has 102 valence electrons. The van der Waals surface area contributed by atoms with E-state index in [-0.39, 0.29) is 11.8 Å². The van der Waals surface area contributed by atoms with E-state index in [1.807, 2.05) is 19.1 Å². The second kappa shape index (κ2) is 5.33. The molecule has 1 aliphatic heterocycles. The average molecular weight is 326 g/mol. The van der Waals surface area contributed by atoms with Crippen molar-refractivity contribution in [1.29, 1.82) is 0 Å². The summed E-state index contributed by atoms with van der Waals surface area (Å²) in [5, 5.41) is 8.93. The molecule has 0 spiro atoms. The van der Waals surface area contributed by atoms with E-state index in [4.69, 9.17) is 5.11 Å². The maximum Gasteiger partial charge on any atom is 0.306 e. The number of aliphatic carboxylic acids is 1. The maximum absolute atomic E-state index is 12.3. The Hall–Kier alpha value is -1.36. The Bertz CT molecular complexity index is 523. The lowest BCUT2D eigenvalue weighted by Gasteiger charge is -2.41. The number of nitrogens with zero attached hydrogens (tertiary/aromatic N) is 1. The van der Waals surface area contributed by atoms with E-state index in [1.54, 1.807) is 17.9 Å². The third kappa shape index (κ3) is 2.66. The molecule has 1 saturated heterocycles. The van der Waals surface area contributed by atoms with Crippen molar-refractivity contribution in [2.75, 3.05) is 13.1 Å². The molecule has 1 aliphatic rings. The number of carbonyl (C=O) groups is 2. The molecule has 19 heavy (non-hydrogen) atoms. The summed E-state index contributed by atoms with van der Waals surface area (Å²) >= 11 is 3.41. The van der Waals surface area contributed by atoms with Crippen molar-refractivity contribution >= 4 is 27.8 Å². The van der Waals surface area contributed by atoms with Gasteiger partial charge in [0.05, 0.1) is 5.92 Å². The molecule has 0 aromatic heterocycles. The first-order chi connectivity index (χ1) is 8.91. The Morgan fingerprint density at radius 2 is 2.05 bits per heavy atom. The van der Waals surface area contributed by atoms with Crippen molar-refractivity contribution in [2.45, 2.75) is 13.8 Å². The SMILES string of the molecule is Cc1c(Br)cccc1C(=O)N1CC(C(C)C(=O)O)C1. The summed E-state index contributed by atoms with van der Waals surface area (Å²) in [6.07, 6.45) is 0. The summed E-state index contributed by atoms with van der Waals surface area (Å²) in [4.78, 5) is 24.9. The van der Waals surface area contributed by atoms with Gasteiger partial charge < -0.3 is 10.0 Å². The molecule has 1 fully saturated rings. The smallest absolute Gasteiger partial charge is 0.306 e. The van der Waals surface area contributed by atoms with Crippen LogP contribution in [0.2, 0.25) is 0 Å². The molecule has 0 radical (unpaired) electrons. The average Bonchev–Trinajstić information content (AvgIpc) is 2.30. The highest BCUT2D eigenvalue weighted by Crippen LogP contribution is 2.28. The molecule has 1 N–H and O–H groups in total. The fourth-order valence-electron chi connectivity index (χ4n) is 2.21. The Kier molecular flexibility index (Phi) is 3.94. The van der Waals surface area contributed by atoms with Gasteiger partial charge in [-0.15, -0.1) is 0 Å². The molecule has 1 heterocycles. The zero-order valence-corrected chi connectivity index (χ0v) is 12.5. The van der Waals surface area contributed by atoms with Gasteiger partial charge in [0.1, 0.15) is 0 Å². The minimum atomic E-state index is -0.796. The standard InChI is InChI=1S/C14H16BrNO3/c1-8(14(18)19)10-6-16(7-10)13(17)11-4-3-5-12(15)9(11)2/h3-5,8,10H,6-7H2,1-2H3,(H,18,19). The van der Waals surface area contributed by atoms with Crippen molar-refractivity contribution in [3.05, 3.63) is 33.8 Å². The van der Waals surface area contributed by atoms with Crippen LogP contribution in [0.4, 0.5) is 0 Å². The molecule has 4 nitrogen and oxygen atoms in total. The fraction of sp³-hybridized carbons (Fsp3) is 0.429. The number of rotatable bonds is 3. The third-order valence-electron chi connectivity index (χ3n) is 3.79. The van der Waals surface area contributed by atoms with Gasteiger partial charge in [-0.1, -0.05) is 28.9 Å². The van der Waals surface area contributed by atoms with Crippen LogP contribution >= 0.6 is 15.9 Å². The van der Waals surface area contributed by atoms with Crippen molar-refractivity contribution in [1.82, 2.24) is 4.90 Å². The lowest BCUT2D eigenvalue weighted by Crippen LogP contribution is -2.53. The highest BCUT2D eigenvalue weighted by molar-refractivity contribution is 9.10. The molecule has 2 rings (SSSR count). The largest absolute Gasteiger partial charge is 0.481 e. The molecule has 5 heteroatoms. The van der Waals surface area contributed by atoms with Crippen LogP contribution < -0.4 is 0 Å². The number of amides is 1. The number of carboxylic acid groups (broad SMARTS) is 1. The molecule has 0 saturated carbocycles. The van der Waals surface area contributed by atoms with Crippen LogP contribution in [0.25, 0.3) is 0 Å². The van der Waals surface area contributed by atoms with Crippen LogP contribution in [0.15, 0.2) is 22.7 Å². The van der Waals surface area contributed by atoms with Crippen LogP contribution in [0.3, 0.4) is 0 Å². The Balaban J connectivity index is 2.04. The third-order valence-corrected chi connectivity index (χ3v) is 4.65. The molecule has 1 aromatic carbocycles. The number of benzene rings is 1. The molecule has 1 atom stereocenters. The van der Waals surface area contributed by atoms with Gasteiger partial charge in [-0.2, -0.15) is 0 Å². The van der Waals surface area contributed by atoms with Crippen molar-refractivity contribution in [3.63, 3.8) is 0 Å². The number of hydrogen-bond acceptors (Lipinski definition) is 2. The summed E-state index contributed by atoms with van der Waals surface area (Å²) in [5.41, 5.74) is 1.60. The van der Waals surface area contributed by atoms with Crippen LogP contribution in [-0.4, -0.2) is 35.0 Å². The number of carboxylic acids is 1. The zero-order valence-electron chi connectivity index (χ0n) is 10.9. The highest BCUT2D eigenvalue weighted by atomic mass is 79.9.